The minimum Gasteiger partial charge on any atom is -0.507 e. The lowest BCUT2D eigenvalue weighted by molar-refractivity contribution is -0.131. The van der Waals surface area contributed by atoms with Crippen LogP contribution in [0.4, 0.5) is 5.69 Å². The van der Waals surface area contributed by atoms with Gasteiger partial charge in [0.25, 0.3) is 5.91 Å². The highest BCUT2D eigenvalue weighted by molar-refractivity contribution is 6.19. The summed E-state index contributed by atoms with van der Waals surface area (Å²) in [5, 5.41) is 34.6. The fourth-order valence-corrected chi connectivity index (χ4v) is 4.85. The Morgan fingerprint density at radius 2 is 1.74 bits per heavy atom. The minimum absolute atomic E-state index is 0.00432. The van der Waals surface area contributed by atoms with Gasteiger partial charge in [0.2, 0.25) is 5.91 Å². The number of aliphatic hydroxyl groups is 1. The zero-order valence-electron chi connectivity index (χ0n) is 19.6. The van der Waals surface area contributed by atoms with E-state index in [1.165, 1.54) is 12.1 Å². The van der Waals surface area contributed by atoms with Crippen LogP contribution in [0.2, 0.25) is 0 Å². The summed E-state index contributed by atoms with van der Waals surface area (Å²) < 4.78 is 5.13. The molecule has 0 unspecified atom stereocenters. The van der Waals surface area contributed by atoms with E-state index in [0.29, 0.717) is 17.5 Å². The fourth-order valence-electron chi connectivity index (χ4n) is 4.85. The van der Waals surface area contributed by atoms with Crippen molar-refractivity contribution in [3.8, 4) is 17.2 Å². The number of hydrogen-bond donors (Lipinski definition) is 4. The third kappa shape index (κ3) is 3.86. The highest BCUT2D eigenvalue weighted by Crippen LogP contribution is 2.49. The number of hydrogen-bond acceptors (Lipinski definition) is 9. The summed E-state index contributed by atoms with van der Waals surface area (Å²) in [4.78, 5) is 51.1. The Balaban J connectivity index is 1.94. The number of nitrogens with one attached hydrogen (secondary N) is 1. The average Bonchev–Trinajstić information content (AvgIpc) is 2.72. The molecule has 10 heteroatoms. The number of amides is 2. The molecular formula is C25H24N2O8. The molecule has 2 aromatic carbocycles. The molecule has 0 aliphatic heterocycles. The van der Waals surface area contributed by atoms with Gasteiger partial charge in [0.05, 0.1) is 11.1 Å². The van der Waals surface area contributed by atoms with Crippen LogP contribution in [0.1, 0.15) is 51.3 Å². The second-order valence-corrected chi connectivity index (χ2v) is 8.78. The molecule has 182 valence electrons. The summed E-state index contributed by atoms with van der Waals surface area (Å²) in [5.41, 5.74) is 1.11. The molecule has 4 rings (SSSR count). The minimum atomic E-state index is -1.05. The third-order valence-electron chi connectivity index (χ3n) is 6.15. The van der Waals surface area contributed by atoms with Crippen molar-refractivity contribution in [2.24, 2.45) is 5.92 Å². The number of rotatable bonds is 3. The number of phenolic OH excluding ortho intramolecular Hbond substituents is 2. The number of carbonyl (C=O) groups is 4. The second-order valence-electron chi connectivity index (χ2n) is 8.78. The van der Waals surface area contributed by atoms with Gasteiger partial charge in [0.1, 0.15) is 28.6 Å². The monoisotopic (exact) mass is 480 g/mol. The number of phenols is 2. The summed E-state index contributed by atoms with van der Waals surface area (Å²) in [7, 11) is 3.64. The number of anilines is 1. The van der Waals surface area contributed by atoms with Crippen LogP contribution in [-0.2, 0) is 22.4 Å². The number of ether oxygens (including phenoxy) is 1. The van der Waals surface area contributed by atoms with Crippen molar-refractivity contribution in [3.63, 3.8) is 0 Å². The number of imide groups is 1. The Labute approximate surface area is 200 Å². The molecule has 0 radical (unpaired) electrons. The molecule has 0 saturated heterocycles. The summed E-state index contributed by atoms with van der Waals surface area (Å²) in [6.45, 7) is 2.20. The topological polar surface area (TPSA) is 153 Å². The molecule has 0 bridgehead atoms. The Morgan fingerprint density at radius 3 is 2.34 bits per heavy atom. The smallest absolute Gasteiger partial charge is 0.308 e. The van der Waals surface area contributed by atoms with E-state index in [0.717, 1.165) is 19.5 Å². The Kier molecular flexibility index (Phi) is 5.75. The van der Waals surface area contributed by atoms with Gasteiger partial charge in [-0.15, -0.1) is 0 Å². The first-order chi connectivity index (χ1) is 16.4. The molecule has 0 spiro atoms. The van der Waals surface area contributed by atoms with Crippen molar-refractivity contribution in [1.82, 2.24) is 5.32 Å². The third-order valence-corrected chi connectivity index (χ3v) is 6.15. The van der Waals surface area contributed by atoms with E-state index in [9.17, 15) is 34.5 Å². The molecule has 2 aliphatic rings. The van der Waals surface area contributed by atoms with Gasteiger partial charge in [-0.05, 0) is 48.1 Å². The Hall–Kier alpha value is -4.34. The lowest BCUT2D eigenvalue weighted by atomic mass is 9.70. The highest BCUT2D eigenvalue weighted by atomic mass is 16.5. The van der Waals surface area contributed by atoms with Gasteiger partial charge < -0.3 is 25.0 Å². The van der Waals surface area contributed by atoms with Gasteiger partial charge in [-0.25, -0.2) is 0 Å². The molecule has 0 heterocycles. The molecule has 0 aromatic heterocycles. The number of carbonyl (C=O) groups excluding carboxylic acids is 4. The first-order valence-electron chi connectivity index (χ1n) is 10.8. The maximum atomic E-state index is 13.6. The predicted molar refractivity (Wildman–Crippen MR) is 125 cm³/mol. The summed E-state index contributed by atoms with van der Waals surface area (Å²) in [6.07, 6.45) is 0.497. The van der Waals surface area contributed by atoms with Crippen LogP contribution in [0.25, 0.3) is 5.76 Å². The standard InChI is InChI=1S/C25H24N2O8/c1-10(28)26-25(34)21-17(35-11(2)29)9-13-7-12-8-14-15(27(3)4)5-6-16(30)20(14)23(32)18(12)22(31)19(13)24(21)33/h5-6,9,12,30,32-33H,7-8H2,1-4H3,(H,26,28,34)/t12-/m1/s1. The maximum absolute atomic E-state index is 13.6. The van der Waals surface area contributed by atoms with Gasteiger partial charge in [0, 0.05) is 39.2 Å². The van der Waals surface area contributed by atoms with Crippen LogP contribution in [0.15, 0.2) is 23.8 Å². The molecule has 1 atom stereocenters. The van der Waals surface area contributed by atoms with Gasteiger partial charge >= 0.3 is 5.97 Å². The van der Waals surface area contributed by atoms with Gasteiger partial charge in [-0.1, -0.05) is 0 Å². The first kappa shape index (κ1) is 23.8. The van der Waals surface area contributed by atoms with Crippen LogP contribution in [0.3, 0.4) is 0 Å². The second kappa shape index (κ2) is 8.46. The zero-order chi connectivity index (χ0) is 25.8. The van der Waals surface area contributed by atoms with E-state index in [-0.39, 0.29) is 34.6 Å². The molecular weight excluding hydrogens is 456 g/mol. The molecule has 4 N–H and O–H groups in total. The van der Waals surface area contributed by atoms with Gasteiger partial charge in [-0.2, -0.15) is 0 Å². The van der Waals surface area contributed by atoms with E-state index < -0.39 is 46.6 Å². The number of benzene rings is 2. The van der Waals surface area contributed by atoms with Gasteiger partial charge in [-0.3, -0.25) is 24.5 Å². The van der Waals surface area contributed by atoms with Crippen molar-refractivity contribution >= 4 is 35.0 Å². The first-order valence-corrected chi connectivity index (χ1v) is 10.8. The quantitative estimate of drug-likeness (QED) is 0.383. The lowest BCUT2D eigenvalue weighted by Crippen LogP contribution is -2.32. The molecule has 0 fully saturated rings. The summed E-state index contributed by atoms with van der Waals surface area (Å²) in [5.74, 6) is -5.40. The summed E-state index contributed by atoms with van der Waals surface area (Å²) >= 11 is 0. The van der Waals surface area contributed by atoms with Crippen molar-refractivity contribution in [3.05, 3.63) is 51.6 Å². The van der Waals surface area contributed by atoms with Crippen LogP contribution >= 0.6 is 0 Å². The highest BCUT2D eigenvalue weighted by Gasteiger charge is 2.42. The normalized spacial score (nSPS) is 16.1. The number of allylic oxidation sites excluding steroid dienone is 1. The Bertz CT molecular complexity index is 1360. The number of ketones is 1. The van der Waals surface area contributed by atoms with E-state index >= 15 is 0 Å². The van der Waals surface area contributed by atoms with Crippen LogP contribution in [-0.4, -0.2) is 53.0 Å². The predicted octanol–water partition coefficient (Wildman–Crippen LogP) is 2.25. The van der Waals surface area contributed by atoms with Crippen molar-refractivity contribution < 1.29 is 39.2 Å². The van der Waals surface area contributed by atoms with E-state index in [4.69, 9.17) is 4.74 Å². The average molecular weight is 480 g/mol. The number of nitrogens with zero attached hydrogens (tertiary/aromatic N) is 1. The van der Waals surface area contributed by atoms with Crippen LogP contribution in [0.5, 0.6) is 17.2 Å². The number of esters is 1. The van der Waals surface area contributed by atoms with Crippen molar-refractivity contribution in [1.29, 1.82) is 0 Å². The number of fused-ring (bicyclic) bond motifs is 3. The molecule has 2 aliphatic carbocycles. The molecule has 0 saturated carbocycles. The molecule has 2 aromatic rings. The van der Waals surface area contributed by atoms with E-state index in [1.54, 1.807) is 6.07 Å². The van der Waals surface area contributed by atoms with Crippen LogP contribution < -0.4 is 15.0 Å². The lowest BCUT2D eigenvalue weighted by Gasteiger charge is -2.34. The number of aromatic hydroxyl groups is 2. The maximum Gasteiger partial charge on any atom is 0.308 e. The van der Waals surface area contributed by atoms with Crippen molar-refractivity contribution in [2.75, 3.05) is 19.0 Å². The number of Topliss-reactive ketones (excluding diaryl/α,β-unsaturated/α-hetero) is 1. The summed E-state index contributed by atoms with van der Waals surface area (Å²) in [6, 6.07) is 4.47. The SMILES string of the molecule is CC(=O)NC(=O)c1c(OC(C)=O)cc2c(c1O)C(=O)C1=C(O)c3c(O)ccc(N(C)C)c3C[C@H]1C2. The number of aliphatic hydroxyl groups excluding tert-OH is 1. The Morgan fingerprint density at radius 1 is 1.06 bits per heavy atom. The van der Waals surface area contributed by atoms with E-state index in [1.807, 2.05) is 24.3 Å². The van der Waals surface area contributed by atoms with Gasteiger partial charge in [0.15, 0.2) is 5.78 Å². The molecule has 35 heavy (non-hydrogen) atoms. The van der Waals surface area contributed by atoms with Crippen LogP contribution in [0, 0.1) is 5.92 Å². The van der Waals surface area contributed by atoms with Crippen molar-refractivity contribution in [2.45, 2.75) is 26.7 Å². The van der Waals surface area contributed by atoms with E-state index in [2.05, 4.69) is 0 Å². The molecule has 10 nitrogen and oxygen atoms in total. The fraction of sp³-hybridized carbons (Fsp3) is 0.280. The molecule has 2 amide bonds. The largest absolute Gasteiger partial charge is 0.507 e. The zero-order valence-corrected chi connectivity index (χ0v) is 19.6.